The van der Waals surface area contributed by atoms with Crippen LogP contribution in [0.15, 0.2) is 40.9 Å². The molecule has 0 atom stereocenters. The summed E-state index contributed by atoms with van der Waals surface area (Å²) >= 11 is 3.37. The summed E-state index contributed by atoms with van der Waals surface area (Å²) in [6, 6.07) is 9.05. The Kier molecular flexibility index (Phi) is 6.40. The lowest BCUT2D eigenvalue weighted by Crippen LogP contribution is -2.10. The van der Waals surface area contributed by atoms with Crippen molar-refractivity contribution in [2.45, 2.75) is 6.92 Å². The van der Waals surface area contributed by atoms with Crippen molar-refractivity contribution in [3.63, 3.8) is 0 Å². The van der Waals surface area contributed by atoms with Gasteiger partial charge in [0.15, 0.2) is 11.5 Å². The molecule has 0 aliphatic rings. The number of carbonyl (C=O) groups is 1. The zero-order chi connectivity index (χ0) is 16.7. The summed E-state index contributed by atoms with van der Waals surface area (Å²) in [5.41, 5.74) is 0.496. The number of ether oxygens (including phenoxy) is 3. The van der Waals surface area contributed by atoms with E-state index >= 15 is 0 Å². The second-order valence-corrected chi connectivity index (χ2v) is 5.39. The van der Waals surface area contributed by atoms with Crippen molar-refractivity contribution in [3.8, 4) is 17.2 Å². The van der Waals surface area contributed by atoms with Gasteiger partial charge >= 0.3 is 0 Å². The number of hydrogen-bond acceptors (Lipinski definition) is 4. The average molecular weight is 383 g/mol. The molecule has 0 saturated carbocycles. The Labute approximate surface area is 142 Å². The lowest BCUT2D eigenvalue weighted by atomic mass is 10.2. The van der Waals surface area contributed by atoms with Gasteiger partial charge in [0, 0.05) is 5.56 Å². The topological polar surface area (TPSA) is 44.8 Å². The van der Waals surface area contributed by atoms with Crippen LogP contribution in [-0.4, -0.2) is 26.1 Å². The van der Waals surface area contributed by atoms with Gasteiger partial charge in [-0.1, -0.05) is 0 Å². The second-order valence-electron chi connectivity index (χ2n) is 4.53. The van der Waals surface area contributed by atoms with Gasteiger partial charge in [0.25, 0.3) is 0 Å². The summed E-state index contributed by atoms with van der Waals surface area (Å²) in [5.74, 6) is 1.26. The van der Waals surface area contributed by atoms with Crippen LogP contribution in [0.5, 0.6) is 17.2 Å². The fourth-order valence-corrected chi connectivity index (χ4v) is 2.47. The normalized spacial score (nSPS) is 10.2. The third-order valence-corrected chi connectivity index (χ3v) is 3.47. The molecule has 0 heterocycles. The highest BCUT2D eigenvalue weighted by Gasteiger charge is 2.12. The van der Waals surface area contributed by atoms with E-state index in [1.54, 1.807) is 24.3 Å². The highest BCUT2D eigenvalue weighted by Crippen LogP contribution is 2.36. The molecule has 4 nitrogen and oxygen atoms in total. The zero-order valence-electron chi connectivity index (χ0n) is 12.6. The van der Waals surface area contributed by atoms with Crippen LogP contribution in [-0.2, 0) is 0 Å². The first-order valence-corrected chi connectivity index (χ1v) is 7.86. The molecule has 0 aliphatic carbocycles. The molecule has 0 spiro atoms. The van der Waals surface area contributed by atoms with Crippen molar-refractivity contribution in [1.29, 1.82) is 0 Å². The minimum Gasteiger partial charge on any atom is -0.490 e. The first-order chi connectivity index (χ1) is 11.1. The summed E-state index contributed by atoms with van der Waals surface area (Å²) in [7, 11) is 0. The third kappa shape index (κ3) is 4.96. The molecule has 0 aromatic heterocycles. The monoisotopic (exact) mass is 382 g/mol. The lowest BCUT2D eigenvalue weighted by Gasteiger charge is -2.14. The van der Waals surface area contributed by atoms with E-state index in [-0.39, 0.29) is 12.4 Å². The number of carbonyl (C=O) groups excluding carboxylic acids is 1. The molecular weight excluding hydrogens is 367 g/mol. The molecule has 2 aromatic carbocycles. The van der Waals surface area contributed by atoms with Crippen LogP contribution < -0.4 is 14.2 Å². The summed E-state index contributed by atoms with van der Waals surface area (Å²) in [4.78, 5) is 10.9. The van der Waals surface area contributed by atoms with Gasteiger partial charge in [0.1, 0.15) is 31.1 Å². The smallest absolute Gasteiger partial charge is 0.175 e. The molecule has 0 aliphatic heterocycles. The van der Waals surface area contributed by atoms with Crippen molar-refractivity contribution in [2.75, 3.05) is 19.8 Å². The van der Waals surface area contributed by atoms with Gasteiger partial charge in [-0.2, -0.15) is 0 Å². The van der Waals surface area contributed by atoms with E-state index in [0.717, 1.165) is 6.29 Å². The van der Waals surface area contributed by atoms with Crippen molar-refractivity contribution in [2.24, 2.45) is 0 Å². The summed E-state index contributed by atoms with van der Waals surface area (Å²) in [6.07, 6.45) is 0.745. The maximum Gasteiger partial charge on any atom is 0.175 e. The second kappa shape index (κ2) is 8.53. The molecule has 6 heteroatoms. The zero-order valence-corrected chi connectivity index (χ0v) is 14.1. The molecule has 2 rings (SSSR count). The predicted octanol–water partition coefficient (Wildman–Crippen LogP) is 4.26. The molecule has 0 unspecified atom stereocenters. The van der Waals surface area contributed by atoms with Crippen LogP contribution in [0.4, 0.5) is 4.39 Å². The van der Waals surface area contributed by atoms with Gasteiger partial charge in [-0.3, -0.25) is 4.79 Å². The molecule has 0 saturated heterocycles. The predicted molar refractivity (Wildman–Crippen MR) is 88.1 cm³/mol. The third-order valence-electron chi connectivity index (χ3n) is 2.88. The minimum absolute atomic E-state index is 0.274. The Hall–Kier alpha value is -2.08. The van der Waals surface area contributed by atoms with Gasteiger partial charge < -0.3 is 14.2 Å². The molecule has 2 aromatic rings. The average Bonchev–Trinajstić information content (AvgIpc) is 2.55. The Bertz CT molecular complexity index is 658. The van der Waals surface area contributed by atoms with Gasteiger partial charge in [0.05, 0.1) is 11.1 Å². The lowest BCUT2D eigenvalue weighted by molar-refractivity contribution is 0.112. The molecule has 23 heavy (non-hydrogen) atoms. The quantitative estimate of drug-likeness (QED) is 0.505. The van der Waals surface area contributed by atoms with Crippen LogP contribution >= 0.6 is 15.9 Å². The van der Waals surface area contributed by atoms with E-state index < -0.39 is 0 Å². The largest absolute Gasteiger partial charge is 0.490 e. The number of benzene rings is 2. The molecular formula is C17H16BrFO4. The number of hydrogen-bond donors (Lipinski definition) is 0. The van der Waals surface area contributed by atoms with Gasteiger partial charge in [-0.15, -0.1) is 0 Å². The van der Waals surface area contributed by atoms with Crippen LogP contribution in [0.25, 0.3) is 0 Å². The van der Waals surface area contributed by atoms with Crippen molar-refractivity contribution < 1.29 is 23.4 Å². The van der Waals surface area contributed by atoms with E-state index in [1.165, 1.54) is 12.1 Å². The molecule has 122 valence electrons. The summed E-state index contributed by atoms with van der Waals surface area (Å²) < 4.78 is 30.1. The molecule has 0 N–H and O–H groups in total. The highest BCUT2D eigenvalue weighted by atomic mass is 79.9. The number of aldehydes is 1. The maximum absolute atomic E-state index is 12.8. The van der Waals surface area contributed by atoms with Crippen LogP contribution in [0, 0.1) is 5.82 Å². The Morgan fingerprint density at radius 2 is 1.78 bits per heavy atom. The first kappa shape index (κ1) is 17.3. The summed E-state index contributed by atoms with van der Waals surface area (Å²) in [6.45, 7) is 2.87. The first-order valence-electron chi connectivity index (χ1n) is 7.06. The van der Waals surface area contributed by atoms with E-state index in [1.807, 2.05) is 6.92 Å². The van der Waals surface area contributed by atoms with Crippen LogP contribution in [0.3, 0.4) is 0 Å². The molecule has 0 radical (unpaired) electrons. The fraction of sp³-hybridized carbons (Fsp3) is 0.235. The summed E-state index contributed by atoms with van der Waals surface area (Å²) in [5, 5.41) is 0. The van der Waals surface area contributed by atoms with E-state index in [0.29, 0.717) is 40.5 Å². The van der Waals surface area contributed by atoms with Crippen molar-refractivity contribution in [1.82, 2.24) is 0 Å². The molecule has 0 fully saturated rings. The van der Waals surface area contributed by atoms with Gasteiger partial charge in [-0.25, -0.2) is 4.39 Å². The highest BCUT2D eigenvalue weighted by molar-refractivity contribution is 9.10. The Morgan fingerprint density at radius 3 is 2.43 bits per heavy atom. The van der Waals surface area contributed by atoms with Gasteiger partial charge in [-0.05, 0) is 59.3 Å². The minimum atomic E-state index is -0.311. The van der Waals surface area contributed by atoms with E-state index in [4.69, 9.17) is 14.2 Å². The fourth-order valence-electron chi connectivity index (χ4n) is 1.89. The van der Waals surface area contributed by atoms with E-state index in [2.05, 4.69) is 15.9 Å². The number of rotatable bonds is 8. The Morgan fingerprint density at radius 1 is 1.09 bits per heavy atom. The SMILES string of the molecule is CCOc1cc(C=O)cc(Br)c1OCCOc1ccc(F)cc1. The number of halogens is 2. The maximum atomic E-state index is 12.8. The van der Waals surface area contributed by atoms with Crippen molar-refractivity contribution >= 4 is 22.2 Å². The molecule has 0 bridgehead atoms. The molecule has 0 amide bonds. The Balaban J connectivity index is 1.96. The van der Waals surface area contributed by atoms with E-state index in [9.17, 15) is 9.18 Å². The van der Waals surface area contributed by atoms with Crippen LogP contribution in [0.1, 0.15) is 17.3 Å². The van der Waals surface area contributed by atoms with Crippen LogP contribution in [0.2, 0.25) is 0 Å². The standard InChI is InChI=1S/C17H16BrFO4/c1-2-21-16-10-12(11-20)9-15(18)17(16)23-8-7-22-14-5-3-13(19)4-6-14/h3-6,9-11H,2,7-8H2,1H3. The van der Waals surface area contributed by atoms with Crippen molar-refractivity contribution in [3.05, 3.63) is 52.3 Å². The van der Waals surface area contributed by atoms with Gasteiger partial charge in [0.2, 0.25) is 0 Å².